The van der Waals surface area contributed by atoms with Crippen LogP contribution in [-0.4, -0.2) is 18.4 Å². The topological polar surface area (TPSA) is 0 Å². The van der Waals surface area contributed by atoms with E-state index in [1.54, 1.807) is 25.3 Å². The predicted molar refractivity (Wildman–Crippen MR) is 112 cm³/mol. The summed E-state index contributed by atoms with van der Waals surface area (Å²) >= 11 is -2.08. The molecular weight excluding hydrogens is 395 g/mol. The molecule has 1 aromatic rings. The Morgan fingerprint density at radius 3 is 1.83 bits per heavy atom. The third kappa shape index (κ3) is 5.26. The van der Waals surface area contributed by atoms with Gasteiger partial charge in [-0.25, -0.2) is 0 Å². The fourth-order valence-corrected chi connectivity index (χ4v) is 25.5. The number of hydrogen-bond acceptors (Lipinski definition) is 0. The van der Waals surface area contributed by atoms with Crippen molar-refractivity contribution >= 4 is 18.4 Å². The molecule has 0 heterocycles. The van der Waals surface area contributed by atoms with Crippen LogP contribution in [0, 0.1) is 0 Å². The van der Waals surface area contributed by atoms with E-state index in [1.165, 1.54) is 51.4 Å². The van der Waals surface area contributed by atoms with E-state index in [-0.39, 0.29) is 0 Å². The molecule has 1 fully saturated rings. The molecule has 0 aliphatic heterocycles. The van der Waals surface area contributed by atoms with E-state index >= 15 is 0 Å². The van der Waals surface area contributed by atoms with E-state index in [4.69, 9.17) is 0 Å². The van der Waals surface area contributed by atoms with Gasteiger partial charge in [0.25, 0.3) is 0 Å². The van der Waals surface area contributed by atoms with Crippen LogP contribution in [0.1, 0.15) is 90.0 Å². The second-order valence-corrected chi connectivity index (χ2v) is 22.4. The molecule has 0 saturated heterocycles. The van der Waals surface area contributed by atoms with Crippen molar-refractivity contribution in [3.05, 3.63) is 35.9 Å². The molecule has 1 aliphatic rings. The summed E-state index contributed by atoms with van der Waals surface area (Å²) in [6.07, 6.45) is 13.3. The molecule has 0 radical (unpaired) electrons. The first-order valence-electron chi connectivity index (χ1n) is 10.8. The van der Waals surface area contributed by atoms with E-state index in [2.05, 4.69) is 51.1 Å². The quantitative estimate of drug-likeness (QED) is 0.308. The Balaban J connectivity index is 2.27. The molecule has 2 atom stereocenters. The van der Waals surface area contributed by atoms with Gasteiger partial charge in [0.2, 0.25) is 0 Å². The number of rotatable bonds is 11. The minimum absolute atomic E-state index is 0.910. The van der Waals surface area contributed by atoms with Gasteiger partial charge in [0.15, 0.2) is 0 Å². The molecule has 0 N–H and O–H groups in total. The molecule has 24 heavy (non-hydrogen) atoms. The summed E-state index contributed by atoms with van der Waals surface area (Å²) in [6.45, 7) is 7.21. The average molecular weight is 435 g/mol. The first-order chi connectivity index (χ1) is 11.8. The van der Waals surface area contributed by atoms with Gasteiger partial charge in [-0.3, -0.25) is 0 Å². The summed E-state index contributed by atoms with van der Waals surface area (Å²) in [7, 11) is 0. The van der Waals surface area contributed by atoms with E-state index in [0.717, 1.165) is 9.85 Å². The van der Waals surface area contributed by atoms with Gasteiger partial charge in [-0.15, -0.1) is 0 Å². The molecule has 0 unspecified atom stereocenters. The molecule has 0 nitrogen and oxygen atoms in total. The van der Waals surface area contributed by atoms with Gasteiger partial charge in [-0.05, 0) is 0 Å². The van der Waals surface area contributed by atoms with Gasteiger partial charge in [0.05, 0.1) is 0 Å². The fraction of sp³-hybridized carbons (Fsp3) is 0.739. The molecule has 1 aromatic carbocycles. The van der Waals surface area contributed by atoms with Crippen LogP contribution < -0.4 is 0 Å². The Hall–Kier alpha value is 0.0187. The second kappa shape index (κ2) is 10.9. The Morgan fingerprint density at radius 1 is 0.792 bits per heavy atom. The van der Waals surface area contributed by atoms with E-state index in [9.17, 15) is 0 Å². The van der Waals surface area contributed by atoms with Gasteiger partial charge in [-0.2, -0.15) is 0 Å². The second-order valence-electron chi connectivity index (χ2n) is 8.23. The van der Waals surface area contributed by atoms with Crippen molar-refractivity contribution in [2.24, 2.45) is 0 Å². The number of hydrogen-bond donors (Lipinski definition) is 0. The van der Waals surface area contributed by atoms with Crippen LogP contribution in [-0.2, 0) is 0 Å². The van der Waals surface area contributed by atoms with Crippen LogP contribution >= 0.6 is 0 Å². The van der Waals surface area contributed by atoms with Crippen molar-refractivity contribution in [1.82, 2.24) is 0 Å². The molecule has 0 aromatic heterocycles. The minimum atomic E-state index is -2.08. The summed E-state index contributed by atoms with van der Waals surface area (Å²) < 4.78 is 6.17. The van der Waals surface area contributed by atoms with Crippen molar-refractivity contribution in [1.29, 1.82) is 0 Å². The van der Waals surface area contributed by atoms with Gasteiger partial charge in [0, 0.05) is 0 Å². The SMILES string of the molecule is CCC[CH2][Sn]([CH2]CCC)([CH2]CCC)[C@@H]1CCC[C@H]1c1ccccc1. The maximum absolute atomic E-state index is 2.43. The summed E-state index contributed by atoms with van der Waals surface area (Å²) in [5.41, 5.74) is 1.67. The van der Waals surface area contributed by atoms with Crippen molar-refractivity contribution in [2.45, 2.75) is 102 Å². The fourth-order valence-electron chi connectivity index (χ4n) is 5.31. The monoisotopic (exact) mass is 436 g/mol. The van der Waals surface area contributed by atoms with Crippen molar-refractivity contribution in [3.8, 4) is 0 Å². The Bertz CT molecular complexity index is 417. The molecule has 0 amide bonds. The molecule has 136 valence electrons. The summed E-state index contributed by atoms with van der Waals surface area (Å²) in [5, 5.41) is 0. The molecule has 0 spiro atoms. The van der Waals surface area contributed by atoms with Crippen molar-refractivity contribution < 1.29 is 0 Å². The van der Waals surface area contributed by atoms with Gasteiger partial charge < -0.3 is 0 Å². The van der Waals surface area contributed by atoms with Crippen LogP contribution in [0.2, 0.25) is 17.2 Å². The standard InChI is InChI=1S/C11H13.3C4H9.Sn/c1-2-6-10(7-3-1)11-8-4-5-9-11;3*1-3-4-2;/h1-3,6-8,11H,4-5,9H2;3*1,3-4H2,2H3;/t11-;;;;/m0..../s1. The predicted octanol–water partition coefficient (Wildman–Crippen LogP) is 8.17. The van der Waals surface area contributed by atoms with E-state index in [0.29, 0.717) is 0 Å². The van der Waals surface area contributed by atoms with E-state index in [1.807, 2.05) is 0 Å². The molecule has 0 bridgehead atoms. The number of unbranched alkanes of at least 4 members (excludes halogenated alkanes) is 3. The van der Waals surface area contributed by atoms with Crippen LogP contribution in [0.15, 0.2) is 30.3 Å². The van der Waals surface area contributed by atoms with Crippen molar-refractivity contribution in [2.75, 3.05) is 0 Å². The normalized spacial score (nSPS) is 21.3. The molecular formula is C23H40Sn. The summed E-state index contributed by atoms with van der Waals surface area (Å²) in [4.78, 5) is 0. The summed E-state index contributed by atoms with van der Waals surface area (Å²) in [6, 6.07) is 11.6. The van der Waals surface area contributed by atoms with Gasteiger partial charge in [0.1, 0.15) is 0 Å². The zero-order valence-corrected chi connectivity index (χ0v) is 19.4. The zero-order chi connectivity index (χ0) is 17.3. The Labute approximate surface area is 155 Å². The molecule has 1 aliphatic carbocycles. The van der Waals surface area contributed by atoms with Gasteiger partial charge >= 0.3 is 156 Å². The van der Waals surface area contributed by atoms with E-state index < -0.39 is 18.4 Å². The van der Waals surface area contributed by atoms with Crippen LogP contribution in [0.4, 0.5) is 0 Å². The Morgan fingerprint density at radius 2 is 1.33 bits per heavy atom. The maximum atomic E-state index is 2.43. The molecule has 1 saturated carbocycles. The average Bonchev–Trinajstić information content (AvgIpc) is 3.12. The van der Waals surface area contributed by atoms with Crippen LogP contribution in [0.3, 0.4) is 0 Å². The zero-order valence-electron chi connectivity index (χ0n) is 16.5. The van der Waals surface area contributed by atoms with Crippen LogP contribution in [0.25, 0.3) is 0 Å². The van der Waals surface area contributed by atoms with Gasteiger partial charge in [-0.1, -0.05) is 0 Å². The molecule has 1 heteroatoms. The molecule has 2 rings (SSSR count). The van der Waals surface area contributed by atoms with Crippen molar-refractivity contribution in [3.63, 3.8) is 0 Å². The first-order valence-corrected chi connectivity index (χ1v) is 18.5. The third-order valence-corrected chi connectivity index (χ3v) is 24.6. The Kier molecular flexibility index (Phi) is 9.22. The third-order valence-electron chi connectivity index (χ3n) is 6.61. The van der Waals surface area contributed by atoms with Crippen LogP contribution in [0.5, 0.6) is 0 Å². The number of benzene rings is 1. The summed E-state index contributed by atoms with van der Waals surface area (Å²) in [5.74, 6) is 0.910. The first kappa shape index (κ1) is 20.3.